The molecule has 15 atom stereocenters. The van der Waals surface area contributed by atoms with Crippen LogP contribution in [0.5, 0.6) is 5.75 Å². The third-order valence-electron chi connectivity index (χ3n) is 23.2. The summed E-state index contributed by atoms with van der Waals surface area (Å²) < 4.78 is 0. The number of fused-ring (bicyclic) bond motifs is 4. The second kappa shape index (κ2) is 47.5. The Morgan fingerprint density at radius 1 is 0.551 bits per heavy atom. The summed E-state index contributed by atoms with van der Waals surface area (Å²) in [7, 11) is 3.91. The lowest BCUT2D eigenvalue weighted by molar-refractivity contribution is -0.149. The van der Waals surface area contributed by atoms with Crippen LogP contribution < -0.4 is 59.3 Å². The van der Waals surface area contributed by atoms with Gasteiger partial charge < -0.3 is 114 Å². The highest BCUT2D eigenvalue weighted by atomic mass is 32.2. The molecular weight excluding hydrogens is 1670 g/mol. The number of hydrogen-bond donors (Lipinski definition) is 17. The van der Waals surface area contributed by atoms with Crippen molar-refractivity contribution in [3.05, 3.63) is 102 Å². The molecule has 5 aromatic rings. The van der Waals surface area contributed by atoms with Gasteiger partial charge in [-0.2, -0.15) is 0 Å². The molecule has 0 saturated carbocycles. The zero-order valence-corrected chi connectivity index (χ0v) is 73.9. The molecule has 0 spiro atoms. The fourth-order valence-corrected chi connectivity index (χ4v) is 16.8. The number of hydrogen-bond acceptors (Lipinski definition) is 22. The van der Waals surface area contributed by atoms with Crippen molar-refractivity contribution in [3.8, 4) is 5.75 Å². The number of rotatable bonds is 22. The minimum atomic E-state index is -1.84. The number of carbonyl (C=O) groups is 17. The summed E-state index contributed by atoms with van der Waals surface area (Å²) >= 11 is 0.733. The molecule has 692 valence electrons. The maximum Gasteiger partial charge on any atom is 0.246 e. The summed E-state index contributed by atoms with van der Waals surface area (Å²) in [5.41, 5.74) is 13.9. The fourth-order valence-electron chi connectivity index (χ4n) is 16.0. The standard InChI is InChI=1S/C87H122N18O21S/c1-10-13-24-67-81(120)98-65(44-107)80(119)100-66(77(116)92-41-73(89)112)45-127-46-74(113)93-61(33-49-27-29-53(108)30-28-49)83(122)101(7)48(6)75(114)95-63(38-72(88)111)85(124)104-31-19-26-68(104)82(121)99-64(43-106)79(118)96-60(32-47(4)5)86(125)105-42-54(109)37-70(105)71(110)36-50(34-51-39-90-58-22-17-15-20-55(51)58)76(115)94-57(12-3)78(117)97-62(35-52-40-91-59-23-18-16-21-56(52)59)84(123)103(9)69(25-14-11-2)87(126)102(67)8/h15-18,20-23,27-30,39-40,47-48,50,54,57,60-70,90-91,106-109H,10-14,19,24-26,31-38,41-46H2,1-9H3,(H2,88,111)(H2,89,112)(H,92,116)(H,93,113)(H,94,115)(H,95,114)(H,96,118)(H,97,117)(H,98,120)(H,99,121)(H,100,119)/t48-,50+,54+,57-,60-,61-,62-,63-,64-,65-,66-,67-,68-,69-,70-/m0/s1. The van der Waals surface area contributed by atoms with Crippen LogP contribution in [-0.2, 0) is 101 Å². The molecule has 127 heavy (non-hydrogen) atoms. The van der Waals surface area contributed by atoms with Gasteiger partial charge in [-0.3, -0.25) is 81.5 Å². The molecule has 8 rings (SSSR count). The maximum absolute atomic E-state index is 15.7. The SMILES string of the molecule is CCCC[C@H]1C(=O)N(C)[C@@H](CCCC)C(=O)N[C@@H](CO)C(=O)N[C@H](C(=O)NCC(N)=O)CSCC(=O)N[C@@H](Cc2ccc(O)cc2)C(=O)N(C)[C@@H](C)C(=O)N[C@@H](CC(N)=O)C(=O)N2CCC[C@H]2C(=O)N[C@@H](CO)C(=O)N[C@@H](CC(C)C)C(=O)N2C[C@H](O)C[C@H]2C(=O)C[C@@H](Cc2c[nH]c3ccccc23)C(=O)N[C@@H](CC)C(=O)N[C@@H](Cc2c[nH]c3ccccc23)C(=O)N1C. The largest absolute Gasteiger partial charge is 0.508 e. The summed E-state index contributed by atoms with van der Waals surface area (Å²) in [6, 6.07) is -0.127. The van der Waals surface area contributed by atoms with Crippen LogP contribution in [0.15, 0.2) is 85.2 Å². The number of aromatic hydroxyl groups is 1. The normalized spacial score (nSPS) is 25.7. The number of para-hydroxylation sites is 2. The predicted molar refractivity (Wildman–Crippen MR) is 467 cm³/mol. The number of thioether (sulfide) groups is 1. The van der Waals surface area contributed by atoms with E-state index in [1.165, 1.54) is 57.2 Å². The van der Waals surface area contributed by atoms with Crippen molar-refractivity contribution in [2.45, 2.75) is 229 Å². The quantitative estimate of drug-likeness (QED) is 0.0369. The van der Waals surface area contributed by atoms with Gasteiger partial charge in [-0.05, 0) is 98.7 Å². The molecule has 3 fully saturated rings. The number of amides is 16. The van der Waals surface area contributed by atoms with Crippen molar-refractivity contribution in [2.24, 2.45) is 23.3 Å². The van der Waals surface area contributed by atoms with Crippen molar-refractivity contribution in [2.75, 3.05) is 65.5 Å². The van der Waals surface area contributed by atoms with Crippen LogP contribution in [0.25, 0.3) is 21.8 Å². The number of Topliss-reactive ketones (excluding diaryl/α,β-unsaturated/α-hetero) is 1. The number of ketones is 1. The van der Waals surface area contributed by atoms with Crippen LogP contribution in [0, 0.1) is 11.8 Å². The molecule has 16 amide bonds. The summed E-state index contributed by atoms with van der Waals surface area (Å²) in [6.45, 7) is 6.59. The number of likely N-dealkylation sites (N-methyl/N-ethyl adjacent to an activating group) is 3. The van der Waals surface area contributed by atoms with Crippen LogP contribution in [0.1, 0.15) is 142 Å². The van der Waals surface area contributed by atoms with Crippen LogP contribution in [0.4, 0.5) is 0 Å². The number of benzene rings is 3. The molecule has 0 radical (unpaired) electrons. The van der Waals surface area contributed by atoms with Gasteiger partial charge in [-0.1, -0.05) is 109 Å². The van der Waals surface area contributed by atoms with E-state index < -0.39 is 242 Å². The number of nitrogens with zero attached hydrogens (tertiary/aromatic N) is 5. The Morgan fingerprint density at radius 3 is 1.67 bits per heavy atom. The first kappa shape index (κ1) is 100. The number of H-pyrrole nitrogens is 2. The second-order valence-electron chi connectivity index (χ2n) is 33.1. The second-order valence-corrected chi connectivity index (χ2v) is 34.1. The van der Waals surface area contributed by atoms with E-state index in [-0.39, 0.29) is 82.4 Å². The summed E-state index contributed by atoms with van der Waals surface area (Å²) in [5, 5.41) is 67.7. The van der Waals surface area contributed by atoms with Gasteiger partial charge in [0.05, 0.1) is 44.1 Å². The highest BCUT2D eigenvalue weighted by Crippen LogP contribution is 2.30. The number of aliphatic hydroxyl groups is 3. The summed E-state index contributed by atoms with van der Waals surface area (Å²) in [6.07, 6.45) is 1.38. The lowest BCUT2D eigenvalue weighted by atomic mass is 9.90. The number of carbonyl (C=O) groups excluding carboxylic acids is 17. The molecule has 3 aromatic carbocycles. The number of aromatic amines is 2. The number of unbranched alkanes of at least 4 members (excludes halogenated alkanes) is 2. The van der Waals surface area contributed by atoms with Crippen molar-refractivity contribution < 1.29 is 102 Å². The fraction of sp³-hybridized carbons (Fsp3) is 0.552. The highest BCUT2D eigenvalue weighted by molar-refractivity contribution is 8.00. The minimum Gasteiger partial charge on any atom is -0.508 e. The monoisotopic (exact) mass is 1790 g/mol. The lowest BCUT2D eigenvalue weighted by Gasteiger charge is -2.36. The van der Waals surface area contributed by atoms with Crippen LogP contribution in [0.3, 0.4) is 0 Å². The number of nitrogens with one attached hydrogen (secondary N) is 11. The topological polar surface area (TPSA) is 579 Å². The summed E-state index contributed by atoms with van der Waals surface area (Å²) in [5.74, 6) is -18.6. The van der Waals surface area contributed by atoms with Crippen molar-refractivity contribution in [1.82, 2.24) is 82.3 Å². The van der Waals surface area contributed by atoms with Crippen LogP contribution in [-0.4, -0.2) is 305 Å². The number of aliphatic hydroxyl groups excluding tert-OH is 3. The molecule has 0 unspecified atom stereocenters. The number of aromatic nitrogens is 2. The highest BCUT2D eigenvalue weighted by Gasteiger charge is 2.47. The van der Waals surface area contributed by atoms with E-state index in [1.54, 1.807) is 75.6 Å². The van der Waals surface area contributed by atoms with E-state index in [1.807, 2.05) is 19.9 Å². The van der Waals surface area contributed by atoms with Gasteiger partial charge in [0.1, 0.15) is 78.3 Å². The van der Waals surface area contributed by atoms with Gasteiger partial charge in [0.25, 0.3) is 0 Å². The van der Waals surface area contributed by atoms with E-state index in [0.717, 1.165) is 31.4 Å². The van der Waals surface area contributed by atoms with Crippen LogP contribution >= 0.6 is 11.8 Å². The minimum absolute atomic E-state index is 0.0243. The Morgan fingerprint density at radius 2 is 1.08 bits per heavy atom. The molecule has 3 aliphatic heterocycles. The van der Waals surface area contributed by atoms with Gasteiger partial charge in [0, 0.05) is 106 Å². The molecule has 40 heteroatoms. The molecule has 39 nitrogen and oxygen atoms in total. The van der Waals surface area contributed by atoms with Crippen LogP contribution in [0.2, 0.25) is 0 Å². The Balaban J connectivity index is 1.16. The number of phenols is 1. The van der Waals surface area contributed by atoms with Crippen molar-refractivity contribution in [3.63, 3.8) is 0 Å². The first-order valence-corrected chi connectivity index (χ1v) is 44.1. The molecule has 0 bridgehead atoms. The molecule has 2 aromatic heterocycles. The van der Waals surface area contributed by atoms with Crippen molar-refractivity contribution >= 4 is 134 Å². The van der Waals surface area contributed by atoms with Gasteiger partial charge in [0.15, 0.2) is 5.78 Å². The smallest absolute Gasteiger partial charge is 0.246 e. The molecule has 19 N–H and O–H groups in total. The van der Waals surface area contributed by atoms with E-state index in [0.29, 0.717) is 64.2 Å². The predicted octanol–water partition coefficient (Wildman–Crippen LogP) is -1.67. The van der Waals surface area contributed by atoms with Gasteiger partial charge in [-0.25, -0.2) is 0 Å². The van der Waals surface area contributed by atoms with Crippen molar-refractivity contribution in [1.29, 1.82) is 0 Å². The zero-order valence-electron chi connectivity index (χ0n) is 73.1. The Hall–Kier alpha value is -12.0. The van der Waals surface area contributed by atoms with Gasteiger partial charge >= 0.3 is 0 Å². The van der Waals surface area contributed by atoms with Gasteiger partial charge in [0.2, 0.25) is 94.5 Å². The Kier molecular flexibility index (Phi) is 37.5. The first-order valence-electron chi connectivity index (χ1n) is 43.0. The average molecular weight is 1790 g/mol. The van der Waals surface area contributed by atoms with E-state index in [9.17, 15) is 73.2 Å². The first-order chi connectivity index (χ1) is 60.4. The molecule has 5 heterocycles. The van der Waals surface area contributed by atoms with E-state index >= 15 is 28.8 Å². The Bertz CT molecular complexity index is 4770. The lowest BCUT2D eigenvalue weighted by Crippen LogP contribution is -2.61. The Labute approximate surface area is 740 Å². The third-order valence-corrected chi connectivity index (χ3v) is 24.3. The summed E-state index contributed by atoms with van der Waals surface area (Å²) in [4.78, 5) is 258. The number of primary amides is 2. The molecule has 0 aliphatic carbocycles. The van der Waals surface area contributed by atoms with E-state index in [2.05, 4.69) is 57.8 Å². The molecule has 3 saturated heterocycles. The maximum atomic E-state index is 15.7. The zero-order chi connectivity index (χ0) is 93.2. The molecular formula is C87H122N18O21S. The number of phenolic OH excluding ortho intramolecular Hbond substituents is 1. The molecule has 3 aliphatic rings. The third kappa shape index (κ3) is 27.2. The number of nitrogens with two attached hydrogens (primary N) is 2. The average Bonchev–Trinajstić information content (AvgIpc) is 1.72. The van der Waals surface area contributed by atoms with Gasteiger partial charge in [-0.15, -0.1) is 11.8 Å². The van der Waals surface area contributed by atoms with E-state index in [4.69, 9.17) is 11.5 Å².